The zero-order chi connectivity index (χ0) is 19.8. The Bertz CT molecular complexity index is 634. The molecule has 0 aromatic carbocycles. The molecule has 1 aliphatic rings. The van der Waals surface area contributed by atoms with Crippen LogP contribution in [-0.2, 0) is 25.5 Å². The number of nitrogens with two attached hydrogens (primary N) is 1. The summed E-state index contributed by atoms with van der Waals surface area (Å²) < 4.78 is 5.12. The molecule has 2 amide bonds. The summed E-state index contributed by atoms with van der Waals surface area (Å²) in [4.78, 5) is 45.5. The molecule has 27 heavy (non-hydrogen) atoms. The molecule has 1 fully saturated rings. The minimum Gasteiger partial charge on any atom is -0.464 e. The number of hydrogen-bond donors (Lipinski definition) is 3. The number of aromatic amines is 1. The molecule has 0 saturated carbocycles. The van der Waals surface area contributed by atoms with Crippen LogP contribution in [0.3, 0.4) is 0 Å². The van der Waals surface area contributed by atoms with Gasteiger partial charge in [-0.25, -0.2) is 9.78 Å². The highest BCUT2D eigenvalue weighted by atomic mass is 16.5. The summed E-state index contributed by atoms with van der Waals surface area (Å²) in [6.45, 7) is 4.40. The number of H-pyrrole nitrogens is 1. The fourth-order valence-electron chi connectivity index (χ4n) is 3.05. The molecule has 0 aliphatic carbocycles. The van der Waals surface area contributed by atoms with Crippen molar-refractivity contribution >= 4 is 17.8 Å². The number of carbonyl (C=O) groups excluding carboxylic acids is 3. The van der Waals surface area contributed by atoms with Crippen molar-refractivity contribution in [3.63, 3.8) is 0 Å². The van der Waals surface area contributed by atoms with Gasteiger partial charge >= 0.3 is 5.97 Å². The maximum Gasteiger partial charge on any atom is 0.328 e. The average Bonchev–Trinajstić information content (AvgIpc) is 3.32. The van der Waals surface area contributed by atoms with E-state index in [1.165, 1.54) is 11.2 Å². The minimum atomic E-state index is -0.759. The van der Waals surface area contributed by atoms with Crippen LogP contribution in [0.15, 0.2) is 12.5 Å². The van der Waals surface area contributed by atoms with Crippen molar-refractivity contribution in [3.05, 3.63) is 18.2 Å². The average molecular weight is 379 g/mol. The van der Waals surface area contributed by atoms with Gasteiger partial charge in [-0.3, -0.25) is 9.59 Å². The number of ether oxygens (including phenoxy) is 1. The number of likely N-dealkylation sites (tertiary alicyclic amines) is 1. The first-order chi connectivity index (χ1) is 12.9. The number of hydrogen-bond acceptors (Lipinski definition) is 6. The Morgan fingerprint density at radius 1 is 1.48 bits per heavy atom. The number of amides is 2. The molecule has 0 radical (unpaired) electrons. The van der Waals surface area contributed by atoms with Gasteiger partial charge in [-0.1, -0.05) is 13.3 Å². The number of esters is 1. The second-order valence-electron chi connectivity index (χ2n) is 6.83. The van der Waals surface area contributed by atoms with Crippen molar-refractivity contribution in [2.75, 3.05) is 13.2 Å². The molecule has 1 saturated heterocycles. The van der Waals surface area contributed by atoms with Gasteiger partial charge in [0.15, 0.2) is 0 Å². The standard InChI is InChI=1S/C18H29N5O4/c1-3-4-8-27-18(26)12(2)22-16(24)15-6-5-7-23(15)17(25)14(19)9-13-10-20-11-21-13/h10-12,14-15H,3-9,19H2,1-2H3,(H,20,21)(H,22,24)/t12-,14+,15+/m1/s1. The maximum absolute atomic E-state index is 12.7. The lowest BCUT2D eigenvalue weighted by Gasteiger charge is -2.27. The maximum atomic E-state index is 12.7. The van der Waals surface area contributed by atoms with Gasteiger partial charge in [-0.15, -0.1) is 0 Å². The lowest BCUT2D eigenvalue weighted by Crippen LogP contribution is -2.53. The Morgan fingerprint density at radius 2 is 2.26 bits per heavy atom. The van der Waals surface area contributed by atoms with Gasteiger partial charge in [-0.05, 0) is 26.2 Å². The van der Waals surface area contributed by atoms with Crippen molar-refractivity contribution < 1.29 is 19.1 Å². The van der Waals surface area contributed by atoms with Gasteiger partial charge in [0.2, 0.25) is 11.8 Å². The molecule has 9 nitrogen and oxygen atoms in total. The highest BCUT2D eigenvalue weighted by molar-refractivity contribution is 5.92. The molecule has 2 rings (SSSR count). The molecule has 9 heteroatoms. The zero-order valence-corrected chi connectivity index (χ0v) is 15.9. The lowest BCUT2D eigenvalue weighted by atomic mass is 10.1. The van der Waals surface area contributed by atoms with Crippen LogP contribution in [0.1, 0.15) is 45.2 Å². The summed E-state index contributed by atoms with van der Waals surface area (Å²) in [5.41, 5.74) is 6.79. The Hall–Kier alpha value is -2.42. The Kier molecular flexibility index (Phi) is 7.78. The van der Waals surface area contributed by atoms with Gasteiger partial charge in [0.25, 0.3) is 0 Å². The van der Waals surface area contributed by atoms with Gasteiger partial charge in [0.1, 0.15) is 12.1 Å². The smallest absolute Gasteiger partial charge is 0.328 e. The molecule has 150 valence electrons. The predicted molar refractivity (Wildman–Crippen MR) is 98.5 cm³/mol. The molecule has 4 N–H and O–H groups in total. The van der Waals surface area contributed by atoms with Crippen molar-refractivity contribution in [2.24, 2.45) is 5.73 Å². The number of rotatable bonds is 9. The Labute approximate surface area is 159 Å². The van der Waals surface area contributed by atoms with Gasteiger partial charge in [-0.2, -0.15) is 0 Å². The first-order valence-electron chi connectivity index (χ1n) is 9.44. The van der Waals surface area contributed by atoms with Crippen LogP contribution in [0.2, 0.25) is 0 Å². The summed E-state index contributed by atoms with van der Waals surface area (Å²) in [5, 5.41) is 2.65. The third-order valence-corrected chi connectivity index (χ3v) is 4.60. The topological polar surface area (TPSA) is 130 Å². The third-order valence-electron chi connectivity index (χ3n) is 4.60. The fraction of sp³-hybridized carbons (Fsp3) is 0.667. The summed E-state index contributed by atoms with van der Waals surface area (Å²) in [5.74, 6) is -1.10. The van der Waals surface area contributed by atoms with Crippen molar-refractivity contribution in [2.45, 2.75) is 64.1 Å². The van der Waals surface area contributed by atoms with Gasteiger partial charge in [0, 0.05) is 24.9 Å². The SMILES string of the molecule is CCCCOC(=O)[C@@H](C)NC(=O)[C@@H]1CCCN1C(=O)[C@@H](N)Cc1cnc[nH]1. The van der Waals surface area contributed by atoms with Crippen LogP contribution in [0, 0.1) is 0 Å². The molecule has 0 unspecified atom stereocenters. The largest absolute Gasteiger partial charge is 0.464 e. The number of nitrogens with zero attached hydrogens (tertiary/aromatic N) is 2. The molecule has 2 heterocycles. The van der Waals surface area contributed by atoms with Crippen LogP contribution in [0.25, 0.3) is 0 Å². The van der Waals surface area contributed by atoms with E-state index in [0.29, 0.717) is 26.0 Å². The number of carbonyl (C=O) groups is 3. The van der Waals surface area contributed by atoms with E-state index in [2.05, 4.69) is 15.3 Å². The summed E-state index contributed by atoms with van der Waals surface area (Å²) in [6, 6.07) is -2.13. The van der Waals surface area contributed by atoms with E-state index in [-0.39, 0.29) is 11.8 Å². The zero-order valence-electron chi connectivity index (χ0n) is 15.9. The van der Waals surface area contributed by atoms with Crippen LogP contribution in [-0.4, -0.2) is 63.9 Å². The second-order valence-corrected chi connectivity index (χ2v) is 6.83. The Balaban J connectivity index is 1.89. The third kappa shape index (κ3) is 5.78. The number of aromatic nitrogens is 2. The number of unbranched alkanes of at least 4 members (excludes halogenated alkanes) is 1. The molecule has 0 bridgehead atoms. The van der Waals surface area contributed by atoms with Crippen LogP contribution in [0.4, 0.5) is 0 Å². The van der Waals surface area contributed by atoms with E-state index in [1.807, 2.05) is 6.92 Å². The predicted octanol–water partition coefficient (Wildman–Crippen LogP) is 0.119. The first kappa shape index (κ1) is 20.9. The molecule has 1 aromatic heterocycles. The van der Waals surface area contributed by atoms with E-state index in [1.54, 1.807) is 13.1 Å². The second kappa shape index (κ2) is 10.1. The lowest BCUT2D eigenvalue weighted by molar-refractivity contribution is -0.148. The van der Waals surface area contributed by atoms with Crippen LogP contribution >= 0.6 is 0 Å². The molecular weight excluding hydrogens is 350 g/mol. The van der Waals surface area contributed by atoms with Crippen LogP contribution < -0.4 is 11.1 Å². The molecule has 1 aliphatic heterocycles. The number of imidazole rings is 1. The van der Waals surface area contributed by atoms with E-state index in [4.69, 9.17) is 10.5 Å². The molecule has 3 atom stereocenters. The highest BCUT2D eigenvalue weighted by Crippen LogP contribution is 2.19. The fourth-order valence-corrected chi connectivity index (χ4v) is 3.05. The number of nitrogens with one attached hydrogen (secondary N) is 2. The molecule has 0 spiro atoms. The first-order valence-corrected chi connectivity index (χ1v) is 9.44. The monoisotopic (exact) mass is 379 g/mol. The van der Waals surface area contributed by atoms with Crippen molar-refractivity contribution in [1.29, 1.82) is 0 Å². The quantitative estimate of drug-likeness (QED) is 0.413. The summed E-state index contributed by atoms with van der Waals surface area (Å²) in [7, 11) is 0. The van der Waals surface area contributed by atoms with E-state index in [9.17, 15) is 14.4 Å². The van der Waals surface area contributed by atoms with Gasteiger partial charge in [0.05, 0.1) is 19.0 Å². The van der Waals surface area contributed by atoms with E-state index in [0.717, 1.165) is 25.0 Å². The van der Waals surface area contributed by atoms with Crippen molar-refractivity contribution in [1.82, 2.24) is 20.2 Å². The van der Waals surface area contributed by atoms with E-state index < -0.39 is 24.1 Å². The van der Waals surface area contributed by atoms with E-state index >= 15 is 0 Å². The minimum absolute atomic E-state index is 0.277. The highest BCUT2D eigenvalue weighted by Gasteiger charge is 2.37. The summed E-state index contributed by atoms with van der Waals surface area (Å²) in [6.07, 6.45) is 6.44. The normalized spacial score (nSPS) is 18.8. The van der Waals surface area contributed by atoms with Crippen molar-refractivity contribution in [3.8, 4) is 0 Å². The Morgan fingerprint density at radius 3 is 2.93 bits per heavy atom. The van der Waals surface area contributed by atoms with Gasteiger partial charge < -0.3 is 25.7 Å². The van der Waals surface area contributed by atoms with Crippen LogP contribution in [0.5, 0.6) is 0 Å². The summed E-state index contributed by atoms with van der Waals surface area (Å²) >= 11 is 0. The molecular formula is C18H29N5O4. The molecule has 1 aromatic rings.